The van der Waals surface area contributed by atoms with Crippen molar-refractivity contribution in [2.24, 2.45) is 0 Å². The summed E-state index contributed by atoms with van der Waals surface area (Å²) in [4.78, 5) is 16.7. The van der Waals surface area contributed by atoms with Gasteiger partial charge in [0.2, 0.25) is 5.82 Å². The van der Waals surface area contributed by atoms with E-state index in [0.29, 0.717) is 12.3 Å². The summed E-state index contributed by atoms with van der Waals surface area (Å²) in [5.41, 5.74) is 0.672. The van der Waals surface area contributed by atoms with Crippen LogP contribution in [-0.2, 0) is 11.3 Å². The fourth-order valence-corrected chi connectivity index (χ4v) is 0.798. The SMILES string of the molecule is CC(C)OCc1cnc(C(=O)O)[nH]1. The Hall–Kier alpha value is -1.36. The zero-order valence-corrected chi connectivity index (χ0v) is 7.57. The van der Waals surface area contributed by atoms with E-state index in [1.165, 1.54) is 6.20 Å². The molecule has 72 valence electrons. The lowest BCUT2D eigenvalue weighted by atomic mass is 10.4. The van der Waals surface area contributed by atoms with Gasteiger partial charge >= 0.3 is 5.97 Å². The number of carbonyl (C=O) groups is 1. The summed E-state index contributed by atoms with van der Waals surface area (Å²) in [5.74, 6) is -1.11. The lowest BCUT2D eigenvalue weighted by molar-refractivity contribution is 0.0632. The Morgan fingerprint density at radius 1 is 1.77 bits per heavy atom. The van der Waals surface area contributed by atoms with Gasteiger partial charge in [0.1, 0.15) is 0 Å². The van der Waals surface area contributed by atoms with Gasteiger partial charge in [0.05, 0.1) is 24.6 Å². The largest absolute Gasteiger partial charge is 0.475 e. The summed E-state index contributed by atoms with van der Waals surface area (Å²) in [6, 6.07) is 0. The number of aromatic amines is 1. The number of nitrogens with one attached hydrogen (secondary N) is 1. The van der Waals surface area contributed by atoms with Gasteiger partial charge in [-0.3, -0.25) is 0 Å². The van der Waals surface area contributed by atoms with Gasteiger partial charge in [-0.1, -0.05) is 0 Å². The third-order valence-corrected chi connectivity index (χ3v) is 1.40. The number of ether oxygens (including phenoxy) is 1. The van der Waals surface area contributed by atoms with Crippen molar-refractivity contribution >= 4 is 5.97 Å². The minimum absolute atomic E-state index is 0.0534. The molecule has 0 spiro atoms. The van der Waals surface area contributed by atoms with Crippen molar-refractivity contribution < 1.29 is 14.6 Å². The highest BCUT2D eigenvalue weighted by Gasteiger charge is 2.07. The van der Waals surface area contributed by atoms with Crippen LogP contribution in [0.2, 0.25) is 0 Å². The number of rotatable bonds is 4. The fraction of sp³-hybridized carbons (Fsp3) is 0.500. The predicted octanol–water partition coefficient (Wildman–Crippen LogP) is 1.03. The van der Waals surface area contributed by atoms with Crippen LogP contribution >= 0.6 is 0 Å². The molecule has 0 aromatic carbocycles. The molecule has 0 bridgehead atoms. The van der Waals surface area contributed by atoms with Crippen molar-refractivity contribution in [3.05, 3.63) is 17.7 Å². The van der Waals surface area contributed by atoms with Crippen molar-refractivity contribution in [1.29, 1.82) is 0 Å². The molecule has 1 heterocycles. The minimum Gasteiger partial charge on any atom is -0.475 e. The van der Waals surface area contributed by atoms with Crippen molar-refractivity contribution in [2.75, 3.05) is 0 Å². The van der Waals surface area contributed by atoms with E-state index < -0.39 is 5.97 Å². The van der Waals surface area contributed by atoms with Gasteiger partial charge < -0.3 is 14.8 Å². The highest BCUT2D eigenvalue weighted by atomic mass is 16.5. The molecular formula is C8H12N2O3. The number of imidazole rings is 1. The first-order valence-corrected chi connectivity index (χ1v) is 3.98. The molecule has 5 heteroatoms. The smallest absolute Gasteiger partial charge is 0.371 e. The molecule has 0 saturated heterocycles. The molecule has 0 unspecified atom stereocenters. The number of aromatic nitrogens is 2. The Morgan fingerprint density at radius 3 is 2.92 bits per heavy atom. The van der Waals surface area contributed by atoms with Crippen LogP contribution in [0.25, 0.3) is 0 Å². The maximum atomic E-state index is 10.4. The van der Waals surface area contributed by atoms with Crippen molar-refractivity contribution in [1.82, 2.24) is 9.97 Å². The second kappa shape index (κ2) is 4.04. The molecule has 5 nitrogen and oxygen atoms in total. The molecule has 0 radical (unpaired) electrons. The molecule has 0 aliphatic carbocycles. The molecule has 0 aliphatic rings. The molecule has 0 saturated carbocycles. The first-order chi connectivity index (χ1) is 6.09. The topological polar surface area (TPSA) is 75.2 Å². The first kappa shape index (κ1) is 9.73. The second-order valence-corrected chi connectivity index (χ2v) is 2.92. The van der Waals surface area contributed by atoms with Gasteiger partial charge in [-0.05, 0) is 13.8 Å². The zero-order valence-electron chi connectivity index (χ0n) is 7.57. The quantitative estimate of drug-likeness (QED) is 0.732. The number of hydrogen-bond donors (Lipinski definition) is 2. The van der Waals surface area contributed by atoms with E-state index >= 15 is 0 Å². The van der Waals surface area contributed by atoms with Crippen LogP contribution < -0.4 is 0 Å². The van der Waals surface area contributed by atoms with Crippen LogP contribution in [0.1, 0.15) is 30.2 Å². The van der Waals surface area contributed by atoms with Gasteiger partial charge in [0.25, 0.3) is 0 Å². The van der Waals surface area contributed by atoms with E-state index in [4.69, 9.17) is 9.84 Å². The van der Waals surface area contributed by atoms with Gasteiger partial charge in [0.15, 0.2) is 0 Å². The van der Waals surface area contributed by atoms with E-state index in [2.05, 4.69) is 9.97 Å². The number of nitrogens with zero attached hydrogens (tertiary/aromatic N) is 1. The average molecular weight is 184 g/mol. The normalized spacial score (nSPS) is 10.7. The molecular weight excluding hydrogens is 172 g/mol. The van der Waals surface area contributed by atoms with Gasteiger partial charge in [-0.15, -0.1) is 0 Å². The molecule has 1 aromatic rings. The Bertz CT molecular complexity index is 293. The van der Waals surface area contributed by atoms with Crippen LogP contribution in [0.4, 0.5) is 0 Å². The molecule has 0 amide bonds. The molecule has 0 aliphatic heterocycles. The summed E-state index contributed by atoms with van der Waals surface area (Å²) >= 11 is 0. The third-order valence-electron chi connectivity index (χ3n) is 1.40. The van der Waals surface area contributed by atoms with E-state index in [1.807, 2.05) is 13.8 Å². The fourth-order valence-electron chi connectivity index (χ4n) is 0.798. The second-order valence-electron chi connectivity index (χ2n) is 2.92. The van der Waals surface area contributed by atoms with Gasteiger partial charge in [-0.2, -0.15) is 0 Å². The number of H-pyrrole nitrogens is 1. The van der Waals surface area contributed by atoms with E-state index in [-0.39, 0.29) is 11.9 Å². The number of carboxylic acids is 1. The van der Waals surface area contributed by atoms with E-state index in [0.717, 1.165) is 0 Å². The molecule has 2 N–H and O–H groups in total. The van der Waals surface area contributed by atoms with Gasteiger partial charge in [-0.25, -0.2) is 9.78 Å². The molecule has 0 fully saturated rings. The molecule has 0 atom stereocenters. The summed E-state index contributed by atoms with van der Waals surface area (Å²) in [6.45, 7) is 4.18. The lowest BCUT2D eigenvalue weighted by Gasteiger charge is -2.04. The summed E-state index contributed by atoms with van der Waals surface area (Å²) in [6.07, 6.45) is 1.59. The number of aromatic carboxylic acids is 1. The van der Waals surface area contributed by atoms with Crippen molar-refractivity contribution in [3.8, 4) is 0 Å². The van der Waals surface area contributed by atoms with Crippen LogP contribution in [0.15, 0.2) is 6.20 Å². The zero-order chi connectivity index (χ0) is 9.84. The van der Waals surface area contributed by atoms with Crippen LogP contribution in [0.3, 0.4) is 0 Å². The van der Waals surface area contributed by atoms with Crippen LogP contribution in [0.5, 0.6) is 0 Å². The average Bonchev–Trinajstić information content (AvgIpc) is 2.48. The van der Waals surface area contributed by atoms with Crippen molar-refractivity contribution in [3.63, 3.8) is 0 Å². The van der Waals surface area contributed by atoms with Crippen molar-refractivity contribution in [2.45, 2.75) is 26.6 Å². The summed E-state index contributed by atoms with van der Waals surface area (Å²) in [7, 11) is 0. The lowest BCUT2D eigenvalue weighted by Crippen LogP contribution is -2.03. The number of carboxylic acid groups (broad SMARTS) is 1. The maximum Gasteiger partial charge on any atom is 0.371 e. The standard InChI is InChI=1S/C8H12N2O3/c1-5(2)13-4-6-3-9-7(10-6)8(11)12/h3,5H,4H2,1-2H3,(H,9,10)(H,11,12). The highest BCUT2D eigenvalue weighted by molar-refractivity contribution is 5.83. The number of hydrogen-bond acceptors (Lipinski definition) is 3. The van der Waals surface area contributed by atoms with E-state index in [9.17, 15) is 4.79 Å². The molecule has 13 heavy (non-hydrogen) atoms. The molecule has 1 rings (SSSR count). The Morgan fingerprint density at radius 2 is 2.46 bits per heavy atom. The maximum absolute atomic E-state index is 10.4. The molecule has 1 aromatic heterocycles. The Kier molecular flexibility index (Phi) is 3.02. The highest BCUT2D eigenvalue weighted by Crippen LogP contribution is 2.01. The first-order valence-electron chi connectivity index (χ1n) is 3.98. The Balaban J connectivity index is 2.54. The summed E-state index contributed by atoms with van der Waals surface area (Å²) < 4.78 is 5.26. The third kappa shape index (κ3) is 2.87. The predicted molar refractivity (Wildman–Crippen MR) is 45.5 cm³/mol. The van der Waals surface area contributed by atoms with E-state index in [1.54, 1.807) is 0 Å². The summed E-state index contributed by atoms with van der Waals surface area (Å²) in [5, 5.41) is 8.54. The van der Waals surface area contributed by atoms with Gasteiger partial charge in [0, 0.05) is 0 Å². The minimum atomic E-state index is -1.06. The van der Waals surface area contributed by atoms with Crippen LogP contribution in [-0.4, -0.2) is 27.1 Å². The monoisotopic (exact) mass is 184 g/mol. The van der Waals surface area contributed by atoms with Crippen LogP contribution in [0, 0.1) is 0 Å². The Labute approximate surface area is 75.8 Å².